The van der Waals surface area contributed by atoms with Gasteiger partial charge in [-0.25, -0.2) is 27.3 Å². The summed E-state index contributed by atoms with van der Waals surface area (Å²) in [5.41, 5.74) is -0.955. The molecule has 0 aliphatic carbocycles. The number of alkyl halides is 2. The summed E-state index contributed by atoms with van der Waals surface area (Å²) in [4.78, 5) is 2.54. The van der Waals surface area contributed by atoms with E-state index in [9.17, 15) is 17.2 Å². The van der Waals surface area contributed by atoms with Gasteiger partial charge < -0.3 is 4.74 Å². The molecular weight excluding hydrogens is 266 g/mol. The number of primary sulfonamides is 1. The zero-order valence-corrected chi connectivity index (χ0v) is 9.52. The van der Waals surface area contributed by atoms with Crippen molar-refractivity contribution < 1.29 is 21.9 Å². The Balaban J connectivity index is 3.70. The molecule has 0 fully saturated rings. The average Bonchev–Trinajstić information content (AvgIpc) is 2.15. The third kappa shape index (κ3) is 2.39. The standard InChI is InChI=1S/C7H7ClF2N2O3S/c1-15-3-2-12-6(8)4(7(9)10)5(3)16(11,13)14/h2,7H,1H3,(H2,11,13,14). The van der Waals surface area contributed by atoms with Crippen LogP contribution in [-0.4, -0.2) is 20.5 Å². The number of pyridine rings is 1. The van der Waals surface area contributed by atoms with Gasteiger partial charge in [-0.2, -0.15) is 0 Å². The highest BCUT2D eigenvalue weighted by atomic mass is 35.5. The number of nitrogens with zero attached hydrogens (tertiary/aromatic N) is 1. The number of halogens is 3. The molecule has 16 heavy (non-hydrogen) atoms. The van der Waals surface area contributed by atoms with Crippen molar-refractivity contribution in [2.24, 2.45) is 5.14 Å². The van der Waals surface area contributed by atoms with Gasteiger partial charge in [0.15, 0.2) is 5.75 Å². The van der Waals surface area contributed by atoms with E-state index in [0.717, 1.165) is 13.3 Å². The Morgan fingerprint density at radius 1 is 1.56 bits per heavy atom. The van der Waals surface area contributed by atoms with Crippen LogP contribution in [0.1, 0.15) is 12.0 Å². The zero-order chi connectivity index (χ0) is 12.5. The first-order chi connectivity index (χ1) is 7.29. The number of methoxy groups -OCH3 is 1. The van der Waals surface area contributed by atoms with Crippen molar-refractivity contribution in [1.82, 2.24) is 4.98 Å². The molecule has 9 heteroatoms. The van der Waals surface area contributed by atoms with E-state index in [4.69, 9.17) is 16.7 Å². The van der Waals surface area contributed by atoms with E-state index in [0.29, 0.717) is 0 Å². The molecule has 0 spiro atoms. The summed E-state index contributed by atoms with van der Waals surface area (Å²) < 4.78 is 52.2. The predicted molar refractivity (Wildman–Crippen MR) is 52.1 cm³/mol. The molecule has 1 aromatic heterocycles. The van der Waals surface area contributed by atoms with Crippen LogP contribution in [0.5, 0.6) is 5.75 Å². The largest absolute Gasteiger partial charge is 0.494 e. The molecule has 0 amide bonds. The van der Waals surface area contributed by atoms with E-state index in [-0.39, 0.29) is 5.75 Å². The van der Waals surface area contributed by atoms with Gasteiger partial charge in [0.25, 0.3) is 6.43 Å². The fourth-order valence-corrected chi connectivity index (χ4v) is 2.29. The lowest BCUT2D eigenvalue weighted by Crippen LogP contribution is -2.17. The lowest BCUT2D eigenvalue weighted by molar-refractivity contribution is 0.146. The van der Waals surface area contributed by atoms with Gasteiger partial charge in [0.2, 0.25) is 10.0 Å². The SMILES string of the molecule is COc1cnc(Cl)c(C(F)F)c1S(N)(=O)=O. The molecule has 0 radical (unpaired) electrons. The van der Waals surface area contributed by atoms with Crippen LogP contribution in [-0.2, 0) is 10.0 Å². The summed E-state index contributed by atoms with van der Waals surface area (Å²) in [5.74, 6) is -0.373. The van der Waals surface area contributed by atoms with Crippen LogP contribution in [0.4, 0.5) is 8.78 Å². The molecule has 0 bridgehead atoms. The zero-order valence-electron chi connectivity index (χ0n) is 7.95. The third-order valence-corrected chi connectivity index (χ3v) is 3.00. The Labute approximate surface area is 95.2 Å². The normalized spacial score (nSPS) is 11.9. The summed E-state index contributed by atoms with van der Waals surface area (Å²) in [6.45, 7) is 0. The molecule has 0 aliphatic heterocycles. The lowest BCUT2D eigenvalue weighted by Gasteiger charge is -2.12. The van der Waals surface area contributed by atoms with E-state index in [1.54, 1.807) is 0 Å². The molecule has 5 nitrogen and oxygen atoms in total. The molecule has 0 unspecified atom stereocenters. The first-order valence-electron chi connectivity index (χ1n) is 3.82. The molecule has 0 saturated carbocycles. The maximum absolute atomic E-state index is 12.6. The summed E-state index contributed by atoms with van der Waals surface area (Å²) in [5, 5.41) is 4.19. The second-order valence-corrected chi connectivity index (χ2v) is 4.56. The van der Waals surface area contributed by atoms with Crippen molar-refractivity contribution in [3.05, 3.63) is 16.9 Å². The number of sulfonamides is 1. The molecule has 2 N–H and O–H groups in total. The second kappa shape index (κ2) is 4.48. The molecule has 0 aliphatic rings. The Bertz CT molecular complexity index is 507. The highest BCUT2D eigenvalue weighted by Crippen LogP contribution is 2.36. The van der Waals surface area contributed by atoms with Crippen molar-refractivity contribution in [3.8, 4) is 5.75 Å². The van der Waals surface area contributed by atoms with E-state index in [1.165, 1.54) is 0 Å². The maximum Gasteiger partial charge on any atom is 0.268 e. The van der Waals surface area contributed by atoms with E-state index in [2.05, 4.69) is 9.72 Å². The van der Waals surface area contributed by atoms with Crippen LogP contribution >= 0.6 is 11.6 Å². The summed E-state index contributed by atoms with van der Waals surface area (Å²) in [7, 11) is -3.27. The smallest absolute Gasteiger partial charge is 0.268 e. The topological polar surface area (TPSA) is 82.3 Å². The predicted octanol–water partition coefficient (Wildman–Crippen LogP) is 1.33. The number of hydrogen-bond donors (Lipinski definition) is 1. The van der Waals surface area contributed by atoms with Crippen LogP contribution in [0.15, 0.2) is 11.1 Å². The second-order valence-electron chi connectivity index (χ2n) is 2.71. The first-order valence-corrected chi connectivity index (χ1v) is 5.74. The van der Waals surface area contributed by atoms with Crippen LogP contribution in [0.3, 0.4) is 0 Å². The van der Waals surface area contributed by atoms with Gasteiger partial charge in [-0.15, -0.1) is 0 Å². The first kappa shape index (κ1) is 13.1. The summed E-state index contributed by atoms with van der Waals surface area (Å²) >= 11 is 5.39. The minimum Gasteiger partial charge on any atom is -0.494 e. The van der Waals surface area contributed by atoms with Gasteiger partial charge in [-0.05, 0) is 0 Å². The Morgan fingerprint density at radius 3 is 2.50 bits per heavy atom. The van der Waals surface area contributed by atoms with E-state index < -0.39 is 32.1 Å². The van der Waals surface area contributed by atoms with Crippen molar-refractivity contribution in [3.63, 3.8) is 0 Å². The van der Waals surface area contributed by atoms with Gasteiger partial charge in [0, 0.05) is 0 Å². The van der Waals surface area contributed by atoms with Gasteiger partial charge in [0.05, 0.1) is 18.9 Å². The number of ether oxygens (including phenoxy) is 1. The van der Waals surface area contributed by atoms with Crippen molar-refractivity contribution in [2.75, 3.05) is 7.11 Å². The summed E-state index contributed by atoms with van der Waals surface area (Å²) in [6.07, 6.45) is -2.21. The van der Waals surface area contributed by atoms with Crippen molar-refractivity contribution >= 4 is 21.6 Å². The summed E-state index contributed by atoms with van der Waals surface area (Å²) in [6, 6.07) is 0. The van der Waals surface area contributed by atoms with Crippen molar-refractivity contribution in [2.45, 2.75) is 11.3 Å². The highest BCUT2D eigenvalue weighted by molar-refractivity contribution is 7.89. The fraction of sp³-hybridized carbons (Fsp3) is 0.286. The van der Waals surface area contributed by atoms with Gasteiger partial charge in [-0.3, -0.25) is 0 Å². The monoisotopic (exact) mass is 272 g/mol. The average molecular weight is 273 g/mol. The number of aromatic nitrogens is 1. The molecule has 0 saturated heterocycles. The Hall–Kier alpha value is -0.990. The quantitative estimate of drug-likeness (QED) is 0.842. The highest BCUT2D eigenvalue weighted by Gasteiger charge is 2.28. The molecular formula is C7H7ClF2N2O3S. The molecule has 1 heterocycles. The molecule has 0 atom stereocenters. The van der Waals surface area contributed by atoms with Crippen LogP contribution in [0.2, 0.25) is 5.15 Å². The van der Waals surface area contributed by atoms with Gasteiger partial charge in [0.1, 0.15) is 10.0 Å². The van der Waals surface area contributed by atoms with Gasteiger partial charge >= 0.3 is 0 Å². The van der Waals surface area contributed by atoms with E-state index in [1.807, 2.05) is 0 Å². The van der Waals surface area contributed by atoms with E-state index >= 15 is 0 Å². The minimum atomic E-state index is -4.37. The molecule has 1 rings (SSSR count). The number of nitrogens with two attached hydrogens (primary N) is 1. The minimum absolute atomic E-state index is 0.373. The molecule has 1 aromatic rings. The van der Waals surface area contributed by atoms with Crippen molar-refractivity contribution in [1.29, 1.82) is 0 Å². The van der Waals surface area contributed by atoms with Gasteiger partial charge in [-0.1, -0.05) is 11.6 Å². The molecule has 0 aromatic carbocycles. The maximum atomic E-state index is 12.6. The molecule has 90 valence electrons. The van der Waals surface area contributed by atoms with Crippen LogP contribution in [0.25, 0.3) is 0 Å². The lowest BCUT2D eigenvalue weighted by atomic mass is 10.3. The third-order valence-electron chi connectivity index (χ3n) is 1.71. The van der Waals surface area contributed by atoms with Crippen LogP contribution in [0, 0.1) is 0 Å². The number of rotatable bonds is 3. The Kier molecular flexibility index (Phi) is 3.66. The number of hydrogen-bond acceptors (Lipinski definition) is 4. The van der Waals surface area contributed by atoms with Crippen LogP contribution < -0.4 is 9.88 Å². The fourth-order valence-electron chi connectivity index (χ4n) is 1.10. The Morgan fingerprint density at radius 2 is 2.12 bits per heavy atom.